The third-order valence-electron chi connectivity index (χ3n) is 6.29. The van der Waals surface area contributed by atoms with Gasteiger partial charge >= 0.3 is 0 Å². The molecular formula is C25H30N2O3. The Balaban J connectivity index is 1.80. The summed E-state index contributed by atoms with van der Waals surface area (Å²) in [5.41, 5.74) is 6.35. The fourth-order valence-corrected chi connectivity index (χ4v) is 4.67. The van der Waals surface area contributed by atoms with Crippen LogP contribution in [0.25, 0.3) is 11.1 Å². The lowest BCUT2D eigenvalue weighted by Crippen LogP contribution is -2.53. The molecule has 2 aromatic carbocycles. The molecule has 4 rings (SSSR count). The third kappa shape index (κ3) is 3.63. The van der Waals surface area contributed by atoms with E-state index in [0.29, 0.717) is 13.2 Å². The molecule has 5 nitrogen and oxygen atoms in total. The van der Waals surface area contributed by atoms with Crippen molar-refractivity contribution in [1.29, 1.82) is 0 Å². The second kappa shape index (κ2) is 8.23. The van der Waals surface area contributed by atoms with Gasteiger partial charge in [0.15, 0.2) is 0 Å². The quantitative estimate of drug-likeness (QED) is 0.755. The van der Waals surface area contributed by atoms with Crippen molar-refractivity contribution in [2.24, 2.45) is 0 Å². The van der Waals surface area contributed by atoms with Crippen LogP contribution in [0.4, 0.5) is 11.4 Å². The van der Waals surface area contributed by atoms with Crippen molar-refractivity contribution in [3.05, 3.63) is 47.5 Å². The molecule has 0 bridgehead atoms. The summed E-state index contributed by atoms with van der Waals surface area (Å²) in [5.74, 6) is -0.0107. The highest BCUT2D eigenvalue weighted by molar-refractivity contribution is 6.06. The van der Waals surface area contributed by atoms with E-state index in [9.17, 15) is 9.59 Å². The summed E-state index contributed by atoms with van der Waals surface area (Å²) in [6, 6.07) is 12.5. The highest BCUT2D eigenvalue weighted by Crippen LogP contribution is 2.40. The lowest BCUT2D eigenvalue weighted by molar-refractivity contribution is -0.127. The van der Waals surface area contributed by atoms with E-state index in [1.54, 1.807) is 11.8 Å². The van der Waals surface area contributed by atoms with Gasteiger partial charge in [-0.25, -0.2) is 0 Å². The second-order valence-corrected chi connectivity index (χ2v) is 8.39. The number of hydrogen-bond donors (Lipinski definition) is 0. The molecule has 30 heavy (non-hydrogen) atoms. The molecule has 2 aromatic rings. The van der Waals surface area contributed by atoms with Crippen molar-refractivity contribution in [2.75, 3.05) is 23.0 Å². The molecule has 1 unspecified atom stereocenters. The SMILES string of the molecule is CCc1cc(-c2ccc3c(c2)N(C(=O)C2CCCO2)C[C@H](C)N3C(C)=O)ccc1C. The van der Waals surface area contributed by atoms with Crippen LogP contribution < -0.4 is 9.80 Å². The molecule has 1 fully saturated rings. The summed E-state index contributed by atoms with van der Waals surface area (Å²) in [6.45, 7) is 8.97. The lowest BCUT2D eigenvalue weighted by atomic mass is 9.96. The van der Waals surface area contributed by atoms with Crippen LogP contribution >= 0.6 is 0 Å². The molecule has 1 saturated heterocycles. The molecule has 158 valence electrons. The van der Waals surface area contributed by atoms with Crippen LogP contribution in [0.5, 0.6) is 0 Å². The Hall–Kier alpha value is -2.66. The Labute approximate surface area is 178 Å². The van der Waals surface area contributed by atoms with Gasteiger partial charge in [0.1, 0.15) is 6.10 Å². The number of amides is 2. The number of fused-ring (bicyclic) bond motifs is 1. The maximum absolute atomic E-state index is 13.3. The number of benzene rings is 2. The smallest absolute Gasteiger partial charge is 0.256 e. The number of rotatable bonds is 3. The molecule has 5 heteroatoms. The summed E-state index contributed by atoms with van der Waals surface area (Å²) in [7, 11) is 0. The largest absolute Gasteiger partial charge is 0.368 e. The van der Waals surface area contributed by atoms with E-state index < -0.39 is 0 Å². The zero-order valence-corrected chi connectivity index (χ0v) is 18.3. The van der Waals surface area contributed by atoms with Gasteiger partial charge in [0, 0.05) is 20.1 Å². The van der Waals surface area contributed by atoms with E-state index in [0.717, 1.165) is 41.8 Å². The van der Waals surface area contributed by atoms with Crippen molar-refractivity contribution < 1.29 is 14.3 Å². The van der Waals surface area contributed by atoms with E-state index in [-0.39, 0.29) is 24.0 Å². The van der Waals surface area contributed by atoms with Gasteiger partial charge in [-0.15, -0.1) is 0 Å². The number of aryl methyl sites for hydroxylation is 2. The Bertz CT molecular complexity index is 978. The molecule has 2 heterocycles. The standard InChI is InChI=1S/C25H30N2O3/c1-5-19-13-20(9-8-16(19)2)21-10-11-22-23(14-21)26(15-17(3)27(22)18(4)28)25(29)24-7-6-12-30-24/h8-11,13-14,17,24H,5-7,12,15H2,1-4H3/t17-,24?/m0/s1. The van der Waals surface area contributed by atoms with Crippen LogP contribution in [0.2, 0.25) is 0 Å². The van der Waals surface area contributed by atoms with E-state index in [4.69, 9.17) is 4.74 Å². The van der Waals surface area contributed by atoms with E-state index in [1.165, 1.54) is 11.1 Å². The van der Waals surface area contributed by atoms with E-state index in [1.807, 2.05) is 30.0 Å². The van der Waals surface area contributed by atoms with Gasteiger partial charge in [-0.05, 0) is 67.5 Å². The first kappa shape index (κ1) is 20.6. The number of carbonyl (C=O) groups excluding carboxylic acids is 2. The van der Waals surface area contributed by atoms with Crippen LogP contribution in [0.3, 0.4) is 0 Å². The van der Waals surface area contributed by atoms with Gasteiger partial charge in [0.2, 0.25) is 5.91 Å². The highest BCUT2D eigenvalue weighted by atomic mass is 16.5. The normalized spacial score (nSPS) is 20.9. The molecular weight excluding hydrogens is 376 g/mol. The fourth-order valence-electron chi connectivity index (χ4n) is 4.67. The fraction of sp³-hybridized carbons (Fsp3) is 0.440. The van der Waals surface area contributed by atoms with Crippen LogP contribution in [0.15, 0.2) is 36.4 Å². The van der Waals surface area contributed by atoms with Crippen molar-refractivity contribution in [1.82, 2.24) is 0 Å². The molecule has 2 atom stereocenters. The summed E-state index contributed by atoms with van der Waals surface area (Å²) in [6.07, 6.45) is 2.26. The first-order valence-corrected chi connectivity index (χ1v) is 10.9. The molecule has 0 radical (unpaired) electrons. The maximum Gasteiger partial charge on any atom is 0.256 e. The van der Waals surface area contributed by atoms with E-state index >= 15 is 0 Å². The Morgan fingerprint density at radius 1 is 1.10 bits per heavy atom. The average Bonchev–Trinajstić information content (AvgIpc) is 3.27. The lowest BCUT2D eigenvalue weighted by Gasteiger charge is -2.41. The van der Waals surface area contributed by atoms with Crippen molar-refractivity contribution in [3.63, 3.8) is 0 Å². The summed E-state index contributed by atoms with van der Waals surface area (Å²) < 4.78 is 5.68. The minimum atomic E-state index is -0.386. The van der Waals surface area contributed by atoms with Crippen molar-refractivity contribution in [2.45, 2.75) is 59.1 Å². The molecule has 0 spiro atoms. The van der Waals surface area contributed by atoms with Gasteiger partial charge in [-0.3, -0.25) is 9.59 Å². The molecule has 0 saturated carbocycles. The predicted molar refractivity (Wildman–Crippen MR) is 120 cm³/mol. The first-order valence-electron chi connectivity index (χ1n) is 10.9. The zero-order valence-electron chi connectivity index (χ0n) is 18.3. The number of carbonyl (C=O) groups is 2. The number of nitrogens with zero attached hydrogens (tertiary/aromatic N) is 2. The van der Waals surface area contributed by atoms with Crippen molar-refractivity contribution in [3.8, 4) is 11.1 Å². The maximum atomic E-state index is 13.3. The molecule has 0 N–H and O–H groups in total. The minimum absolute atomic E-state index is 0.000828. The Kier molecular flexibility index (Phi) is 5.65. The average molecular weight is 407 g/mol. The number of hydrogen-bond acceptors (Lipinski definition) is 3. The summed E-state index contributed by atoms with van der Waals surface area (Å²) in [4.78, 5) is 29.3. The van der Waals surface area contributed by atoms with Crippen LogP contribution in [-0.2, 0) is 20.7 Å². The van der Waals surface area contributed by atoms with Crippen molar-refractivity contribution >= 4 is 23.2 Å². The monoisotopic (exact) mass is 406 g/mol. The Morgan fingerprint density at radius 2 is 1.83 bits per heavy atom. The Morgan fingerprint density at radius 3 is 2.50 bits per heavy atom. The molecule has 0 aliphatic carbocycles. The predicted octanol–water partition coefficient (Wildman–Crippen LogP) is 4.49. The summed E-state index contributed by atoms with van der Waals surface area (Å²) in [5, 5.41) is 0. The molecule has 2 amide bonds. The number of ether oxygens (including phenoxy) is 1. The molecule has 2 aliphatic heterocycles. The first-order chi connectivity index (χ1) is 14.4. The van der Waals surface area contributed by atoms with Gasteiger partial charge in [-0.2, -0.15) is 0 Å². The van der Waals surface area contributed by atoms with Crippen LogP contribution in [-0.4, -0.2) is 37.1 Å². The van der Waals surface area contributed by atoms with Crippen LogP contribution in [0.1, 0.15) is 44.7 Å². The highest BCUT2D eigenvalue weighted by Gasteiger charge is 2.37. The van der Waals surface area contributed by atoms with Gasteiger partial charge < -0.3 is 14.5 Å². The van der Waals surface area contributed by atoms with Gasteiger partial charge in [0.25, 0.3) is 5.91 Å². The van der Waals surface area contributed by atoms with Crippen LogP contribution in [0, 0.1) is 6.92 Å². The minimum Gasteiger partial charge on any atom is -0.368 e. The second-order valence-electron chi connectivity index (χ2n) is 8.39. The summed E-state index contributed by atoms with van der Waals surface area (Å²) >= 11 is 0. The molecule has 0 aromatic heterocycles. The number of anilines is 2. The van der Waals surface area contributed by atoms with E-state index in [2.05, 4.69) is 32.0 Å². The van der Waals surface area contributed by atoms with Gasteiger partial charge in [0.05, 0.1) is 17.4 Å². The molecule has 2 aliphatic rings. The topological polar surface area (TPSA) is 49.9 Å². The zero-order chi connectivity index (χ0) is 21.4. The third-order valence-corrected chi connectivity index (χ3v) is 6.29. The van der Waals surface area contributed by atoms with Gasteiger partial charge in [-0.1, -0.05) is 31.2 Å².